The minimum Gasteiger partial charge on any atom is -0.295 e. The number of amides is 1. The molecule has 8 heteroatoms. The molecule has 0 saturated heterocycles. The van der Waals surface area contributed by atoms with Crippen molar-refractivity contribution in [2.75, 3.05) is 5.32 Å². The number of anilines is 1. The fourth-order valence-corrected chi connectivity index (χ4v) is 4.07. The van der Waals surface area contributed by atoms with Gasteiger partial charge in [-0.1, -0.05) is 71.6 Å². The molecule has 0 spiro atoms. The Morgan fingerprint density at radius 2 is 1.74 bits per heavy atom. The molecular formula is C19H15N5OS2. The van der Waals surface area contributed by atoms with E-state index in [2.05, 4.69) is 32.7 Å². The van der Waals surface area contributed by atoms with Crippen LogP contribution in [0, 0.1) is 0 Å². The number of thioether (sulfide) groups is 1. The number of hydrogen-bond acceptors (Lipinski definition) is 6. The van der Waals surface area contributed by atoms with Gasteiger partial charge in [-0.05, 0) is 23.8 Å². The summed E-state index contributed by atoms with van der Waals surface area (Å²) in [6, 6.07) is 21.5. The highest BCUT2D eigenvalue weighted by Gasteiger charge is 2.13. The molecule has 0 bridgehead atoms. The molecule has 1 N–H and O–H groups in total. The van der Waals surface area contributed by atoms with Gasteiger partial charge in [0.25, 0.3) is 5.91 Å². The van der Waals surface area contributed by atoms with E-state index in [1.807, 2.05) is 48.5 Å². The Kier molecular flexibility index (Phi) is 5.27. The lowest BCUT2D eigenvalue weighted by Gasteiger charge is -2.00. The number of para-hydroxylation sites is 1. The van der Waals surface area contributed by atoms with Crippen molar-refractivity contribution >= 4 is 34.1 Å². The first-order valence-electron chi connectivity index (χ1n) is 8.20. The molecule has 0 aliphatic rings. The smallest absolute Gasteiger partial charge is 0.277 e. The van der Waals surface area contributed by atoms with Crippen molar-refractivity contribution in [3.05, 3.63) is 84.2 Å². The average Bonchev–Trinajstić information content (AvgIpc) is 3.38. The van der Waals surface area contributed by atoms with Gasteiger partial charge in [0, 0.05) is 11.9 Å². The minimum absolute atomic E-state index is 0.305. The normalized spacial score (nSPS) is 10.7. The highest BCUT2D eigenvalue weighted by molar-refractivity contribution is 8.00. The fraction of sp³-hybridized carbons (Fsp3) is 0.0526. The van der Waals surface area contributed by atoms with Gasteiger partial charge in [0.1, 0.15) is 0 Å². The van der Waals surface area contributed by atoms with E-state index in [0.717, 1.165) is 15.8 Å². The predicted molar refractivity (Wildman–Crippen MR) is 107 cm³/mol. The molecule has 4 aromatic rings. The van der Waals surface area contributed by atoms with Crippen LogP contribution in [0.15, 0.2) is 77.3 Å². The molecule has 6 nitrogen and oxygen atoms in total. The van der Waals surface area contributed by atoms with Crippen LogP contribution in [0.1, 0.15) is 16.1 Å². The summed E-state index contributed by atoms with van der Waals surface area (Å²) in [6.07, 6.45) is 1.76. The SMILES string of the molecule is O=C(Nc1nnc(SCc2ccccc2)s1)c1ccn(-c2ccccc2)n1. The maximum Gasteiger partial charge on any atom is 0.277 e. The lowest BCUT2D eigenvalue weighted by Crippen LogP contribution is -2.13. The molecule has 134 valence electrons. The van der Waals surface area contributed by atoms with E-state index in [0.29, 0.717) is 10.8 Å². The van der Waals surface area contributed by atoms with Gasteiger partial charge in [-0.2, -0.15) is 5.10 Å². The molecule has 0 fully saturated rings. The number of nitrogens with zero attached hydrogens (tertiary/aromatic N) is 4. The number of carbonyl (C=O) groups is 1. The zero-order chi connectivity index (χ0) is 18.5. The molecule has 0 aliphatic carbocycles. The Balaban J connectivity index is 1.37. The number of rotatable bonds is 6. The predicted octanol–water partition coefficient (Wildman–Crippen LogP) is 4.27. The first-order chi connectivity index (χ1) is 13.3. The van der Waals surface area contributed by atoms with Crippen LogP contribution in [-0.2, 0) is 5.75 Å². The first-order valence-corrected chi connectivity index (χ1v) is 10.0. The molecule has 0 atom stereocenters. The molecule has 4 rings (SSSR count). The summed E-state index contributed by atoms with van der Waals surface area (Å²) in [4.78, 5) is 12.4. The van der Waals surface area contributed by atoms with Gasteiger partial charge in [0.05, 0.1) is 5.69 Å². The topological polar surface area (TPSA) is 72.7 Å². The van der Waals surface area contributed by atoms with Crippen LogP contribution in [0.25, 0.3) is 5.69 Å². The Bertz CT molecular complexity index is 1030. The maximum atomic E-state index is 12.4. The Morgan fingerprint density at radius 3 is 2.52 bits per heavy atom. The first kappa shape index (κ1) is 17.4. The van der Waals surface area contributed by atoms with E-state index in [-0.39, 0.29) is 5.91 Å². The molecule has 0 radical (unpaired) electrons. The summed E-state index contributed by atoms with van der Waals surface area (Å²) in [5.74, 6) is 0.505. The number of carbonyl (C=O) groups excluding carboxylic acids is 1. The van der Waals surface area contributed by atoms with E-state index in [1.165, 1.54) is 16.9 Å². The third kappa shape index (κ3) is 4.42. The van der Waals surface area contributed by atoms with Gasteiger partial charge in [-0.25, -0.2) is 4.68 Å². The second-order valence-electron chi connectivity index (χ2n) is 5.58. The standard InChI is InChI=1S/C19H15N5OS2/c25-17(16-11-12-24(23-16)15-9-5-2-6-10-15)20-18-21-22-19(27-18)26-13-14-7-3-1-4-8-14/h1-12H,13H2,(H,20,21,25). The van der Waals surface area contributed by atoms with Crippen molar-refractivity contribution in [2.24, 2.45) is 0 Å². The Hall–Kier alpha value is -2.97. The Labute approximate surface area is 164 Å². The van der Waals surface area contributed by atoms with Crippen LogP contribution in [0.3, 0.4) is 0 Å². The third-order valence-electron chi connectivity index (χ3n) is 3.67. The minimum atomic E-state index is -0.305. The van der Waals surface area contributed by atoms with E-state index < -0.39 is 0 Å². The fourth-order valence-electron chi connectivity index (χ4n) is 2.37. The van der Waals surface area contributed by atoms with Gasteiger partial charge in [-0.15, -0.1) is 10.2 Å². The summed E-state index contributed by atoms with van der Waals surface area (Å²) in [5, 5.41) is 15.7. The summed E-state index contributed by atoms with van der Waals surface area (Å²) >= 11 is 2.95. The summed E-state index contributed by atoms with van der Waals surface area (Å²) < 4.78 is 2.47. The monoisotopic (exact) mass is 393 g/mol. The zero-order valence-electron chi connectivity index (χ0n) is 14.1. The van der Waals surface area contributed by atoms with Crippen molar-refractivity contribution < 1.29 is 4.79 Å². The molecule has 0 unspecified atom stereocenters. The molecule has 2 heterocycles. The van der Waals surface area contributed by atoms with Gasteiger partial charge >= 0.3 is 0 Å². The zero-order valence-corrected chi connectivity index (χ0v) is 15.8. The number of nitrogens with one attached hydrogen (secondary N) is 1. The van der Waals surface area contributed by atoms with Crippen molar-refractivity contribution in [2.45, 2.75) is 10.1 Å². The molecular weight excluding hydrogens is 378 g/mol. The molecule has 2 aromatic carbocycles. The highest BCUT2D eigenvalue weighted by Crippen LogP contribution is 2.28. The van der Waals surface area contributed by atoms with E-state index >= 15 is 0 Å². The Morgan fingerprint density at radius 1 is 1.00 bits per heavy atom. The van der Waals surface area contributed by atoms with Gasteiger partial charge < -0.3 is 0 Å². The van der Waals surface area contributed by atoms with Gasteiger partial charge in [0.2, 0.25) is 5.13 Å². The molecule has 0 saturated carbocycles. The van der Waals surface area contributed by atoms with Crippen molar-refractivity contribution in [1.29, 1.82) is 0 Å². The average molecular weight is 393 g/mol. The van der Waals surface area contributed by atoms with Crippen LogP contribution in [0.2, 0.25) is 0 Å². The highest BCUT2D eigenvalue weighted by atomic mass is 32.2. The van der Waals surface area contributed by atoms with Crippen LogP contribution in [-0.4, -0.2) is 25.9 Å². The molecule has 0 aliphatic heterocycles. The molecule has 27 heavy (non-hydrogen) atoms. The summed E-state index contributed by atoms with van der Waals surface area (Å²) in [7, 11) is 0. The van der Waals surface area contributed by atoms with Crippen molar-refractivity contribution in [3.8, 4) is 5.69 Å². The van der Waals surface area contributed by atoms with Crippen molar-refractivity contribution in [3.63, 3.8) is 0 Å². The van der Waals surface area contributed by atoms with Gasteiger partial charge in [0.15, 0.2) is 10.0 Å². The van der Waals surface area contributed by atoms with E-state index in [4.69, 9.17) is 0 Å². The second kappa shape index (κ2) is 8.15. The van der Waals surface area contributed by atoms with E-state index in [9.17, 15) is 4.79 Å². The molecule has 2 aromatic heterocycles. The van der Waals surface area contributed by atoms with Crippen LogP contribution < -0.4 is 5.32 Å². The number of aromatic nitrogens is 4. The van der Waals surface area contributed by atoms with E-state index in [1.54, 1.807) is 28.7 Å². The van der Waals surface area contributed by atoms with Crippen LogP contribution in [0.5, 0.6) is 0 Å². The maximum absolute atomic E-state index is 12.4. The lowest BCUT2D eigenvalue weighted by molar-refractivity contribution is 0.102. The van der Waals surface area contributed by atoms with Crippen LogP contribution in [0.4, 0.5) is 5.13 Å². The molecule has 1 amide bonds. The third-order valence-corrected chi connectivity index (χ3v) is 5.72. The number of hydrogen-bond donors (Lipinski definition) is 1. The number of benzene rings is 2. The van der Waals surface area contributed by atoms with Crippen LogP contribution >= 0.6 is 23.1 Å². The van der Waals surface area contributed by atoms with Crippen molar-refractivity contribution in [1.82, 2.24) is 20.0 Å². The second-order valence-corrected chi connectivity index (χ2v) is 7.78. The summed E-state index contributed by atoms with van der Waals surface area (Å²) in [5.41, 5.74) is 2.44. The quantitative estimate of drug-likeness (QED) is 0.391. The lowest BCUT2D eigenvalue weighted by atomic mass is 10.2. The summed E-state index contributed by atoms with van der Waals surface area (Å²) in [6.45, 7) is 0. The van der Waals surface area contributed by atoms with Gasteiger partial charge in [-0.3, -0.25) is 10.1 Å². The largest absolute Gasteiger partial charge is 0.295 e.